The highest BCUT2D eigenvalue weighted by Gasteiger charge is 2.17. The maximum Gasteiger partial charge on any atom is 0.260 e. The van der Waals surface area contributed by atoms with Gasteiger partial charge in [-0.15, -0.1) is 5.10 Å². The summed E-state index contributed by atoms with van der Waals surface area (Å²) in [7, 11) is 0. The summed E-state index contributed by atoms with van der Waals surface area (Å²) >= 11 is 0. The fraction of sp³-hybridized carbons (Fsp3) is 0.714. The van der Waals surface area contributed by atoms with Gasteiger partial charge in [-0.25, -0.2) is 13.5 Å². The first-order valence-electron chi connectivity index (χ1n) is 3.84. The molecule has 1 atom stereocenters. The molecule has 1 rings (SSSR count). The van der Waals surface area contributed by atoms with E-state index in [0.29, 0.717) is 0 Å². The summed E-state index contributed by atoms with van der Waals surface area (Å²) in [5.41, 5.74) is 0.738. The molecule has 0 aliphatic heterocycles. The maximum absolute atomic E-state index is 12.1. The third kappa shape index (κ3) is 1.78. The Hall–Kier alpha value is -1.00. The molecule has 0 N–H and O–H groups in total. The Bertz CT molecular complexity index is 247. The number of alkyl halides is 2. The van der Waals surface area contributed by atoms with Crippen LogP contribution in [0.25, 0.3) is 0 Å². The SMILES string of the molecule is CCc1cn(C(C)C(F)F)nn1. The second kappa shape index (κ2) is 3.60. The Balaban J connectivity index is 2.74. The van der Waals surface area contributed by atoms with Crippen LogP contribution in [0.3, 0.4) is 0 Å². The zero-order chi connectivity index (χ0) is 9.14. The molecule has 1 aromatic heterocycles. The summed E-state index contributed by atoms with van der Waals surface area (Å²) in [6.07, 6.45) is -0.122. The minimum absolute atomic E-state index is 0.718. The van der Waals surface area contributed by atoms with E-state index in [0.717, 1.165) is 12.1 Å². The van der Waals surface area contributed by atoms with Gasteiger partial charge < -0.3 is 0 Å². The lowest BCUT2D eigenvalue weighted by atomic mass is 10.3. The molecular formula is C7H11F2N3. The highest BCUT2D eigenvalue weighted by molar-refractivity contribution is 4.92. The average molecular weight is 175 g/mol. The van der Waals surface area contributed by atoms with Crippen LogP contribution in [0.1, 0.15) is 25.6 Å². The van der Waals surface area contributed by atoms with Gasteiger partial charge in [-0.3, -0.25) is 0 Å². The molecule has 0 saturated carbocycles. The van der Waals surface area contributed by atoms with E-state index in [1.807, 2.05) is 6.92 Å². The average Bonchev–Trinajstić information content (AvgIpc) is 2.50. The van der Waals surface area contributed by atoms with Crippen LogP contribution in [-0.4, -0.2) is 21.4 Å². The number of hydrogen-bond acceptors (Lipinski definition) is 2. The second-order valence-corrected chi connectivity index (χ2v) is 2.62. The molecule has 5 heteroatoms. The van der Waals surface area contributed by atoms with Crippen molar-refractivity contribution < 1.29 is 8.78 Å². The molecule has 0 aromatic carbocycles. The van der Waals surface area contributed by atoms with Crippen LogP contribution in [-0.2, 0) is 6.42 Å². The molecule has 0 spiro atoms. The monoisotopic (exact) mass is 175 g/mol. The molecule has 0 bridgehead atoms. The van der Waals surface area contributed by atoms with Crippen molar-refractivity contribution in [2.45, 2.75) is 32.7 Å². The molecule has 1 heterocycles. The van der Waals surface area contributed by atoms with Gasteiger partial charge in [0.2, 0.25) is 0 Å². The first kappa shape index (κ1) is 9.09. The van der Waals surface area contributed by atoms with E-state index in [9.17, 15) is 8.78 Å². The van der Waals surface area contributed by atoms with Crippen molar-refractivity contribution in [2.24, 2.45) is 0 Å². The lowest BCUT2D eigenvalue weighted by Crippen LogP contribution is -2.14. The summed E-state index contributed by atoms with van der Waals surface area (Å²) < 4.78 is 25.5. The Morgan fingerprint density at radius 2 is 2.25 bits per heavy atom. The molecule has 0 aliphatic rings. The first-order chi connectivity index (χ1) is 5.65. The maximum atomic E-state index is 12.1. The number of nitrogens with zero attached hydrogens (tertiary/aromatic N) is 3. The molecule has 0 saturated heterocycles. The van der Waals surface area contributed by atoms with Crippen molar-refractivity contribution in [3.8, 4) is 0 Å². The fourth-order valence-corrected chi connectivity index (χ4v) is 0.790. The topological polar surface area (TPSA) is 30.7 Å². The summed E-state index contributed by atoms with van der Waals surface area (Å²) in [6.45, 7) is 3.32. The number of aryl methyl sites for hydroxylation is 1. The van der Waals surface area contributed by atoms with E-state index in [2.05, 4.69) is 10.3 Å². The van der Waals surface area contributed by atoms with Crippen LogP contribution >= 0.6 is 0 Å². The Labute approximate surface area is 69.4 Å². The van der Waals surface area contributed by atoms with Crippen molar-refractivity contribution in [3.05, 3.63) is 11.9 Å². The van der Waals surface area contributed by atoms with Crippen LogP contribution in [0, 0.1) is 0 Å². The normalized spacial score (nSPS) is 13.8. The number of aromatic nitrogens is 3. The smallest absolute Gasteiger partial charge is 0.244 e. The van der Waals surface area contributed by atoms with Crippen molar-refractivity contribution in [2.75, 3.05) is 0 Å². The van der Waals surface area contributed by atoms with Crippen molar-refractivity contribution in [3.63, 3.8) is 0 Å². The van der Waals surface area contributed by atoms with E-state index in [1.165, 1.54) is 11.6 Å². The van der Waals surface area contributed by atoms with Gasteiger partial charge in [0.05, 0.1) is 5.69 Å². The van der Waals surface area contributed by atoms with Crippen LogP contribution in [0.4, 0.5) is 8.78 Å². The summed E-state index contributed by atoms with van der Waals surface area (Å²) in [6, 6.07) is -0.891. The molecule has 1 aromatic rings. The molecule has 68 valence electrons. The standard InChI is InChI=1S/C7H11F2N3/c1-3-6-4-12(11-10-6)5(2)7(8)9/h4-5,7H,3H2,1-2H3. The summed E-state index contributed by atoms with van der Waals surface area (Å²) in [4.78, 5) is 0. The zero-order valence-electron chi connectivity index (χ0n) is 7.04. The van der Waals surface area contributed by atoms with Crippen LogP contribution in [0.2, 0.25) is 0 Å². The molecule has 0 radical (unpaired) electrons. The Morgan fingerprint density at radius 1 is 1.58 bits per heavy atom. The van der Waals surface area contributed by atoms with Gasteiger partial charge in [0, 0.05) is 6.20 Å². The largest absolute Gasteiger partial charge is 0.260 e. The molecule has 0 fully saturated rings. The van der Waals surface area contributed by atoms with Crippen molar-refractivity contribution in [1.29, 1.82) is 0 Å². The molecule has 3 nitrogen and oxygen atoms in total. The zero-order valence-corrected chi connectivity index (χ0v) is 7.04. The summed E-state index contributed by atoms with van der Waals surface area (Å²) in [5, 5.41) is 7.31. The predicted octanol–water partition coefficient (Wildman–Crippen LogP) is 1.67. The van der Waals surface area contributed by atoms with Crippen LogP contribution in [0.15, 0.2) is 6.20 Å². The molecule has 12 heavy (non-hydrogen) atoms. The van der Waals surface area contributed by atoms with Crippen molar-refractivity contribution >= 4 is 0 Å². The Morgan fingerprint density at radius 3 is 2.67 bits per heavy atom. The lowest BCUT2D eigenvalue weighted by molar-refractivity contribution is 0.0845. The first-order valence-corrected chi connectivity index (χ1v) is 3.84. The van der Waals surface area contributed by atoms with Crippen LogP contribution in [0.5, 0.6) is 0 Å². The predicted molar refractivity (Wildman–Crippen MR) is 40.1 cm³/mol. The van der Waals surface area contributed by atoms with Gasteiger partial charge >= 0.3 is 0 Å². The minimum Gasteiger partial charge on any atom is -0.244 e. The fourth-order valence-electron chi connectivity index (χ4n) is 0.790. The second-order valence-electron chi connectivity index (χ2n) is 2.62. The van der Waals surface area contributed by atoms with Gasteiger partial charge in [0.1, 0.15) is 6.04 Å². The Kier molecular flexibility index (Phi) is 2.73. The third-order valence-electron chi connectivity index (χ3n) is 1.70. The molecule has 0 amide bonds. The van der Waals surface area contributed by atoms with E-state index < -0.39 is 12.5 Å². The van der Waals surface area contributed by atoms with Crippen molar-refractivity contribution in [1.82, 2.24) is 15.0 Å². The lowest BCUT2D eigenvalue weighted by Gasteiger charge is -2.08. The van der Waals surface area contributed by atoms with Gasteiger partial charge in [-0.05, 0) is 13.3 Å². The van der Waals surface area contributed by atoms with Gasteiger partial charge in [-0.1, -0.05) is 12.1 Å². The van der Waals surface area contributed by atoms with Gasteiger partial charge in [0.15, 0.2) is 0 Å². The quantitative estimate of drug-likeness (QED) is 0.699. The van der Waals surface area contributed by atoms with Crippen LogP contribution < -0.4 is 0 Å². The number of halogens is 2. The minimum atomic E-state index is -2.39. The third-order valence-corrected chi connectivity index (χ3v) is 1.70. The molecule has 0 aliphatic carbocycles. The molecule has 1 unspecified atom stereocenters. The van der Waals surface area contributed by atoms with Gasteiger partial charge in [-0.2, -0.15) is 0 Å². The van der Waals surface area contributed by atoms with Gasteiger partial charge in [0.25, 0.3) is 6.43 Å². The number of rotatable bonds is 3. The van der Waals surface area contributed by atoms with E-state index >= 15 is 0 Å². The summed E-state index contributed by atoms with van der Waals surface area (Å²) in [5.74, 6) is 0. The highest BCUT2D eigenvalue weighted by Crippen LogP contribution is 2.13. The van der Waals surface area contributed by atoms with E-state index in [4.69, 9.17) is 0 Å². The van der Waals surface area contributed by atoms with E-state index in [-0.39, 0.29) is 0 Å². The number of hydrogen-bond donors (Lipinski definition) is 0. The molecular weight excluding hydrogens is 164 g/mol. The van der Waals surface area contributed by atoms with E-state index in [1.54, 1.807) is 6.20 Å². The highest BCUT2D eigenvalue weighted by atomic mass is 19.3.